The number of phenols is 1. The minimum absolute atomic E-state index is 0.512. The molecule has 0 saturated heterocycles. The molecule has 1 aromatic carbocycles. The van der Waals surface area contributed by atoms with Crippen LogP contribution in [0.2, 0.25) is 0 Å². The SMILES string of the molecule is Oc1cc(F)cc(C(O)C(F)(F)F)c1. The van der Waals surface area contributed by atoms with Crippen LogP contribution in [0.25, 0.3) is 0 Å². The Morgan fingerprint density at radius 1 is 1.14 bits per heavy atom. The van der Waals surface area contributed by atoms with Gasteiger partial charge >= 0.3 is 6.18 Å². The summed E-state index contributed by atoms with van der Waals surface area (Å²) in [5.74, 6) is -1.70. The van der Waals surface area contributed by atoms with E-state index in [0.717, 1.165) is 0 Å². The van der Waals surface area contributed by atoms with Crippen LogP contribution in [0.15, 0.2) is 18.2 Å². The Balaban J connectivity index is 3.07. The zero-order valence-corrected chi connectivity index (χ0v) is 6.72. The van der Waals surface area contributed by atoms with Crippen molar-refractivity contribution >= 4 is 0 Å². The molecule has 0 aliphatic carbocycles. The van der Waals surface area contributed by atoms with Crippen LogP contribution < -0.4 is 0 Å². The lowest BCUT2D eigenvalue weighted by Gasteiger charge is -2.14. The number of aromatic hydroxyl groups is 1. The maximum Gasteiger partial charge on any atom is 0.418 e. The zero-order valence-electron chi connectivity index (χ0n) is 6.72. The molecule has 0 aromatic heterocycles. The van der Waals surface area contributed by atoms with E-state index in [1.165, 1.54) is 0 Å². The van der Waals surface area contributed by atoms with E-state index >= 15 is 0 Å². The fourth-order valence-corrected chi connectivity index (χ4v) is 0.943. The molecule has 6 heteroatoms. The Kier molecular flexibility index (Phi) is 2.66. The largest absolute Gasteiger partial charge is 0.508 e. The predicted molar refractivity (Wildman–Crippen MR) is 39.1 cm³/mol. The van der Waals surface area contributed by atoms with Gasteiger partial charge in [0.15, 0.2) is 6.10 Å². The summed E-state index contributed by atoms with van der Waals surface area (Å²) in [5.41, 5.74) is -0.727. The van der Waals surface area contributed by atoms with Crippen molar-refractivity contribution in [1.29, 1.82) is 0 Å². The van der Waals surface area contributed by atoms with Crippen LogP contribution in [-0.2, 0) is 0 Å². The highest BCUT2D eigenvalue weighted by atomic mass is 19.4. The molecule has 1 unspecified atom stereocenters. The van der Waals surface area contributed by atoms with Crippen molar-refractivity contribution in [1.82, 2.24) is 0 Å². The number of rotatable bonds is 1. The third kappa shape index (κ3) is 2.35. The summed E-state index contributed by atoms with van der Waals surface area (Å²) in [7, 11) is 0. The molecule has 0 aliphatic rings. The number of aliphatic hydroxyl groups excluding tert-OH is 1. The van der Waals surface area contributed by atoms with Gasteiger partial charge < -0.3 is 10.2 Å². The third-order valence-electron chi connectivity index (χ3n) is 1.53. The predicted octanol–water partition coefficient (Wildman–Crippen LogP) is 2.13. The van der Waals surface area contributed by atoms with Gasteiger partial charge in [-0.2, -0.15) is 13.2 Å². The smallest absolute Gasteiger partial charge is 0.418 e. The molecule has 2 nitrogen and oxygen atoms in total. The van der Waals surface area contributed by atoms with E-state index in [2.05, 4.69) is 0 Å². The maximum absolute atomic E-state index is 12.5. The van der Waals surface area contributed by atoms with Crippen LogP contribution in [-0.4, -0.2) is 16.4 Å². The van der Waals surface area contributed by atoms with Gasteiger partial charge in [0.1, 0.15) is 11.6 Å². The van der Waals surface area contributed by atoms with Crippen LogP contribution in [0.3, 0.4) is 0 Å². The van der Waals surface area contributed by atoms with Gasteiger partial charge in [0, 0.05) is 6.07 Å². The molecule has 0 spiro atoms. The molecular weight excluding hydrogens is 204 g/mol. The first kappa shape index (κ1) is 10.8. The van der Waals surface area contributed by atoms with E-state index < -0.39 is 29.4 Å². The van der Waals surface area contributed by atoms with E-state index in [-0.39, 0.29) is 0 Å². The molecule has 1 atom stereocenters. The van der Waals surface area contributed by atoms with E-state index in [9.17, 15) is 17.6 Å². The van der Waals surface area contributed by atoms with Gasteiger partial charge in [-0.3, -0.25) is 0 Å². The summed E-state index contributed by atoms with van der Waals surface area (Å²) in [6.45, 7) is 0. The second-order valence-electron chi connectivity index (χ2n) is 2.69. The van der Waals surface area contributed by atoms with Gasteiger partial charge in [-0.25, -0.2) is 4.39 Å². The Hall–Kier alpha value is -1.30. The van der Waals surface area contributed by atoms with Crippen molar-refractivity contribution in [3.63, 3.8) is 0 Å². The van der Waals surface area contributed by atoms with E-state index in [0.29, 0.717) is 18.2 Å². The number of hydrogen-bond donors (Lipinski definition) is 2. The fraction of sp³-hybridized carbons (Fsp3) is 0.250. The lowest BCUT2D eigenvalue weighted by atomic mass is 10.1. The van der Waals surface area contributed by atoms with Crippen molar-refractivity contribution in [2.75, 3.05) is 0 Å². The molecule has 0 saturated carbocycles. The van der Waals surface area contributed by atoms with Crippen LogP contribution in [0.1, 0.15) is 11.7 Å². The number of aliphatic hydroxyl groups is 1. The van der Waals surface area contributed by atoms with Crippen LogP contribution in [0.5, 0.6) is 5.75 Å². The van der Waals surface area contributed by atoms with Gasteiger partial charge in [0.05, 0.1) is 0 Å². The number of benzene rings is 1. The Labute approximate surface area is 76.4 Å². The fourth-order valence-electron chi connectivity index (χ4n) is 0.943. The molecule has 0 radical (unpaired) electrons. The Morgan fingerprint density at radius 3 is 2.14 bits per heavy atom. The third-order valence-corrected chi connectivity index (χ3v) is 1.53. The number of phenolic OH excluding ortho intramolecular Hbond substituents is 1. The zero-order chi connectivity index (χ0) is 10.9. The number of hydrogen-bond acceptors (Lipinski definition) is 2. The molecule has 0 amide bonds. The van der Waals surface area contributed by atoms with E-state index in [1.807, 2.05) is 0 Å². The lowest BCUT2D eigenvalue weighted by molar-refractivity contribution is -0.206. The monoisotopic (exact) mass is 210 g/mol. The maximum atomic E-state index is 12.5. The second-order valence-corrected chi connectivity index (χ2v) is 2.69. The van der Waals surface area contributed by atoms with Gasteiger partial charge in [0.2, 0.25) is 0 Å². The second kappa shape index (κ2) is 3.45. The average molecular weight is 210 g/mol. The topological polar surface area (TPSA) is 40.5 Å². The number of alkyl halides is 3. The van der Waals surface area contributed by atoms with Crippen molar-refractivity contribution in [3.8, 4) is 5.75 Å². The molecular formula is C8H6F4O2. The molecule has 0 heterocycles. The first-order chi connectivity index (χ1) is 6.30. The summed E-state index contributed by atoms with van der Waals surface area (Å²) < 4.78 is 48.4. The van der Waals surface area contributed by atoms with Crippen LogP contribution in [0.4, 0.5) is 17.6 Å². The minimum Gasteiger partial charge on any atom is -0.508 e. The highest BCUT2D eigenvalue weighted by Gasteiger charge is 2.39. The van der Waals surface area contributed by atoms with E-state index in [4.69, 9.17) is 10.2 Å². The van der Waals surface area contributed by atoms with Gasteiger partial charge in [-0.15, -0.1) is 0 Å². The summed E-state index contributed by atoms with van der Waals surface area (Å²) in [6, 6.07) is 1.81. The van der Waals surface area contributed by atoms with Crippen molar-refractivity contribution in [2.45, 2.75) is 12.3 Å². The standard InChI is InChI=1S/C8H6F4O2/c9-5-1-4(2-6(13)3-5)7(14)8(10,11)12/h1-3,7,13-14H. The summed E-state index contributed by atoms with van der Waals surface area (Å²) in [4.78, 5) is 0. The van der Waals surface area contributed by atoms with Gasteiger partial charge in [-0.1, -0.05) is 0 Å². The van der Waals surface area contributed by atoms with Crippen LogP contribution in [0, 0.1) is 5.82 Å². The molecule has 0 bridgehead atoms. The Bertz CT molecular complexity index is 314. The molecule has 78 valence electrons. The van der Waals surface area contributed by atoms with E-state index in [1.54, 1.807) is 0 Å². The van der Waals surface area contributed by atoms with Gasteiger partial charge in [-0.05, 0) is 17.7 Å². The molecule has 2 N–H and O–H groups in total. The highest BCUT2D eigenvalue weighted by molar-refractivity contribution is 5.30. The Morgan fingerprint density at radius 2 is 1.71 bits per heavy atom. The lowest BCUT2D eigenvalue weighted by Crippen LogP contribution is -2.20. The summed E-state index contributed by atoms with van der Waals surface area (Å²) in [5, 5.41) is 17.5. The highest BCUT2D eigenvalue weighted by Crippen LogP contribution is 2.33. The molecule has 0 aliphatic heterocycles. The van der Waals surface area contributed by atoms with Crippen LogP contribution >= 0.6 is 0 Å². The molecule has 1 aromatic rings. The average Bonchev–Trinajstić information content (AvgIpc) is 1.99. The minimum atomic E-state index is -4.87. The molecule has 1 rings (SSSR count). The van der Waals surface area contributed by atoms with Crippen molar-refractivity contribution in [3.05, 3.63) is 29.6 Å². The number of halogens is 4. The first-order valence-corrected chi connectivity index (χ1v) is 3.55. The van der Waals surface area contributed by atoms with Crippen molar-refractivity contribution in [2.24, 2.45) is 0 Å². The summed E-state index contributed by atoms with van der Waals surface area (Å²) in [6.07, 6.45) is -7.66. The first-order valence-electron chi connectivity index (χ1n) is 3.55. The molecule has 14 heavy (non-hydrogen) atoms. The summed E-state index contributed by atoms with van der Waals surface area (Å²) >= 11 is 0. The normalized spacial score (nSPS) is 14.1. The molecule has 0 fully saturated rings. The van der Waals surface area contributed by atoms with Crippen molar-refractivity contribution < 1.29 is 27.8 Å². The quantitative estimate of drug-likeness (QED) is 0.697. The van der Waals surface area contributed by atoms with Gasteiger partial charge in [0.25, 0.3) is 0 Å².